The molecule has 4 nitrogen and oxygen atoms in total. The summed E-state index contributed by atoms with van der Waals surface area (Å²) in [5.41, 5.74) is 0.954. The van der Waals surface area contributed by atoms with Gasteiger partial charge < -0.3 is 9.84 Å². The fraction of sp³-hybridized carbons (Fsp3) is 0.389. The van der Waals surface area contributed by atoms with Crippen LogP contribution in [0.3, 0.4) is 0 Å². The van der Waals surface area contributed by atoms with Gasteiger partial charge in [0.2, 0.25) is 0 Å². The molecule has 0 bridgehead atoms. The maximum Gasteiger partial charge on any atom is 0.141 e. The van der Waals surface area contributed by atoms with E-state index < -0.39 is 5.60 Å². The van der Waals surface area contributed by atoms with Crippen molar-refractivity contribution in [2.24, 2.45) is 0 Å². The zero-order valence-electron chi connectivity index (χ0n) is 13.3. The standard InChI is InChI=1S/C18H20F2N2O2/c19-15-3-1-14(2-4-15)9-18(13-23)12-22(7-8-24-18)11-17-6-5-16(20)10-21-17/h1-6,10,23H,7-9,11-13H2/t18-/m0/s1. The van der Waals surface area contributed by atoms with Crippen LogP contribution >= 0.6 is 0 Å². The lowest BCUT2D eigenvalue weighted by atomic mass is 9.93. The number of pyridine rings is 1. The third-order valence-corrected chi connectivity index (χ3v) is 4.23. The summed E-state index contributed by atoms with van der Waals surface area (Å²) in [6.45, 7) is 2.17. The Morgan fingerprint density at radius 1 is 1.12 bits per heavy atom. The number of aliphatic hydroxyl groups is 1. The molecule has 2 aromatic rings. The SMILES string of the molecule is OC[C@]1(Cc2ccc(F)cc2)CN(Cc2ccc(F)cn2)CCO1. The number of ether oxygens (including phenoxy) is 1. The molecule has 1 aliphatic heterocycles. The van der Waals surface area contributed by atoms with Gasteiger partial charge >= 0.3 is 0 Å². The van der Waals surface area contributed by atoms with Gasteiger partial charge in [0.15, 0.2) is 0 Å². The van der Waals surface area contributed by atoms with Gasteiger partial charge in [-0.2, -0.15) is 0 Å². The van der Waals surface area contributed by atoms with Gasteiger partial charge in [0.05, 0.1) is 25.1 Å². The Morgan fingerprint density at radius 2 is 1.88 bits per heavy atom. The first-order valence-electron chi connectivity index (χ1n) is 7.91. The molecule has 128 valence electrons. The second kappa shape index (κ2) is 7.34. The molecule has 2 heterocycles. The van der Waals surface area contributed by atoms with E-state index in [-0.39, 0.29) is 18.2 Å². The van der Waals surface area contributed by atoms with E-state index in [4.69, 9.17) is 4.74 Å². The summed E-state index contributed by atoms with van der Waals surface area (Å²) in [7, 11) is 0. The highest BCUT2D eigenvalue weighted by Gasteiger charge is 2.36. The summed E-state index contributed by atoms with van der Waals surface area (Å²) in [4.78, 5) is 6.21. The largest absolute Gasteiger partial charge is 0.393 e. The van der Waals surface area contributed by atoms with Crippen LogP contribution in [0.1, 0.15) is 11.3 Å². The van der Waals surface area contributed by atoms with E-state index in [0.29, 0.717) is 32.7 Å². The Morgan fingerprint density at radius 3 is 2.54 bits per heavy atom. The molecule has 1 aromatic heterocycles. The number of morpholine rings is 1. The minimum absolute atomic E-state index is 0.127. The van der Waals surface area contributed by atoms with Crippen molar-refractivity contribution in [3.8, 4) is 0 Å². The molecular weight excluding hydrogens is 314 g/mol. The fourth-order valence-corrected chi connectivity index (χ4v) is 3.02. The van der Waals surface area contributed by atoms with E-state index in [9.17, 15) is 13.9 Å². The molecule has 1 aromatic carbocycles. The topological polar surface area (TPSA) is 45.6 Å². The van der Waals surface area contributed by atoms with Crippen LogP contribution in [0.25, 0.3) is 0 Å². The molecule has 1 fully saturated rings. The van der Waals surface area contributed by atoms with Gasteiger partial charge in [-0.15, -0.1) is 0 Å². The third-order valence-electron chi connectivity index (χ3n) is 4.23. The molecule has 0 unspecified atom stereocenters. The number of aromatic nitrogens is 1. The number of hydrogen-bond donors (Lipinski definition) is 1. The number of rotatable bonds is 5. The predicted molar refractivity (Wildman–Crippen MR) is 85.3 cm³/mol. The van der Waals surface area contributed by atoms with Crippen LogP contribution in [0.5, 0.6) is 0 Å². The molecule has 0 aliphatic carbocycles. The van der Waals surface area contributed by atoms with Gasteiger partial charge in [0.1, 0.15) is 17.2 Å². The summed E-state index contributed by atoms with van der Waals surface area (Å²) in [6, 6.07) is 9.27. The van der Waals surface area contributed by atoms with Crippen molar-refractivity contribution >= 4 is 0 Å². The van der Waals surface area contributed by atoms with Gasteiger partial charge in [-0.3, -0.25) is 9.88 Å². The van der Waals surface area contributed by atoms with Crippen molar-refractivity contribution in [1.29, 1.82) is 0 Å². The van der Waals surface area contributed by atoms with Crippen molar-refractivity contribution in [1.82, 2.24) is 9.88 Å². The van der Waals surface area contributed by atoms with Crippen molar-refractivity contribution in [3.05, 3.63) is 65.5 Å². The molecule has 1 saturated heterocycles. The lowest BCUT2D eigenvalue weighted by Gasteiger charge is -2.41. The second-order valence-electron chi connectivity index (χ2n) is 6.17. The Labute approximate surface area is 139 Å². The Hall–Kier alpha value is -1.89. The van der Waals surface area contributed by atoms with Gasteiger partial charge in [0.25, 0.3) is 0 Å². The number of aliphatic hydroxyl groups excluding tert-OH is 1. The van der Waals surface area contributed by atoms with Crippen LogP contribution < -0.4 is 0 Å². The lowest BCUT2D eigenvalue weighted by Crippen LogP contribution is -2.55. The van der Waals surface area contributed by atoms with Crippen LogP contribution in [0, 0.1) is 11.6 Å². The first-order chi connectivity index (χ1) is 11.6. The lowest BCUT2D eigenvalue weighted by molar-refractivity contribution is -0.134. The summed E-state index contributed by atoms with van der Waals surface area (Å²) in [5.74, 6) is -0.646. The van der Waals surface area contributed by atoms with Gasteiger partial charge in [-0.05, 0) is 29.8 Å². The fourth-order valence-electron chi connectivity index (χ4n) is 3.02. The normalized spacial score (nSPS) is 21.8. The number of hydrogen-bond acceptors (Lipinski definition) is 4. The molecule has 3 rings (SSSR count). The molecule has 0 amide bonds. The number of halogens is 2. The summed E-state index contributed by atoms with van der Waals surface area (Å²) in [5, 5.41) is 9.89. The summed E-state index contributed by atoms with van der Waals surface area (Å²) in [6.07, 6.45) is 1.70. The second-order valence-corrected chi connectivity index (χ2v) is 6.17. The molecule has 1 aliphatic rings. The molecule has 1 N–H and O–H groups in total. The van der Waals surface area contributed by atoms with E-state index >= 15 is 0 Å². The highest BCUT2D eigenvalue weighted by atomic mass is 19.1. The van der Waals surface area contributed by atoms with E-state index in [1.54, 1.807) is 18.2 Å². The number of nitrogens with zero attached hydrogens (tertiary/aromatic N) is 2. The van der Waals surface area contributed by atoms with Gasteiger partial charge in [-0.1, -0.05) is 12.1 Å². The Kier molecular flexibility index (Phi) is 5.18. The monoisotopic (exact) mass is 334 g/mol. The number of benzene rings is 1. The Balaban J connectivity index is 1.69. The van der Waals surface area contributed by atoms with Gasteiger partial charge in [-0.25, -0.2) is 8.78 Å². The van der Waals surface area contributed by atoms with Crippen molar-refractivity contribution in [2.45, 2.75) is 18.6 Å². The van der Waals surface area contributed by atoms with Crippen LogP contribution in [-0.4, -0.2) is 46.9 Å². The van der Waals surface area contributed by atoms with E-state index in [1.807, 2.05) is 0 Å². The maximum absolute atomic E-state index is 13.1. The first kappa shape index (κ1) is 17.0. The Bertz CT molecular complexity index is 664. The molecule has 6 heteroatoms. The molecule has 0 saturated carbocycles. The zero-order valence-corrected chi connectivity index (χ0v) is 13.3. The highest BCUT2D eigenvalue weighted by molar-refractivity contribution is 5.19. The highest BCUT2D eigenvalue weighted by Crippen LogP contribution is 2.24. The van der Waals surface area contributed by atoms with Gasteiger partial charge in [0, 0.05) is 26.1 Å². The average molecular weight is 334 g/mol. The maximum atomic E-state index is 13.1. The summed E-state index contributed by atoms with van der Waals surface area (Å²) < 4.78 is 31.9. The molecule has 0 spiro atoms. The molecule has 1 atom stereocenters. The predicted octanol–water partition coefficient (Wildman–Crippen LogP) is 2.17. The van der Waals surface area contributed by atoms with E-state index in [1.165, 1.54) is 24.4 Å². The molecular formula is C18H20F2N2O2. The first-order valence-corrected chi connectivity index (χ1v) is 7.91. The molecule has 0 radical (unpaired) electrons. The van der Waals surface area contributed by atoms with E-state index in [0.717, 1.165) is 11.3 Å². The third kappa shape index (κ3) is 4.14. The van der Waals surface area contributed by atoms with Crippen molar-refractivity contribution in [2.75, 3.05) is 26.3 Å². The summed E-state index contributed by atoms with van der Waals surface area (Å²) >= 11 is 0. The van der Waals surface area contributed by atoms with Crippen LogP contribution in [0.2, 0.25) is 0 Å². The van der Waals surface area contributed by atoms with Crippen LogP contribution in [0.15, 0.2) is 42.6 Å². The quantitative estimate of drug-likeness (QED) is 0.910. The average Bonchev–Trinajstić information content (AvgIpc) is 2.59. The zero-order chi connectivity index (χ0) is 17.0. The minimum Gasteiger partial charge on any atom is -0.393 e. The smallest absolute Gasteiger partial charge is 0.141 e. The minimum atomic E-state index is -0.726. The van der Waals surface area contributed by atoms with Crippen molar-refractivity contribution in [3.63, 3.8) is 0 Å². The van der Waals surface area contributed by atoms with E-state index in [2.05, 4.69) is 9.88 Å². The van der Waals surface area contributed by atoms with Crippen LogP contribution in [-0.2, 0) is 17.7 Å². The van der Waals surface area contributed by atoms with Crippen molar-refractivity contribution < 1.29 is 18.6 Å². The molecule has 24 heavy (non-hydrogen) atoms. The van der Waals surface area contributed by atoms with Crippen LogP contribution in [0.4, 0.5) is 8.78 Å².